The Morgan fingerprint density at radius 2 is 2.04 bits per heavy atom. The summed E-state index contributed by atoms with van der Waals surface area (Å²) in [5, 5.41) is 3.00. The maximum atomic E-state index is 12.4. The number of nitrogens with zero attached hydrogens (tertiary/aromatic N) is 1. The molecule has 2 aliphatic rings. The van der Waals surface area contributed by atoms with Gasteiger partial charge in [-0.3, -0.25) is 10.2 Å². The van der Waals surface area contributed by atoms with Crippen LogP contribution in [-0.2, 0) is 9.53 Å². The van der Waals surface area contributed by atoms with Gasteiger partial charge in [0, 0.05) is 30.0 Å². The summed E-state index contributed by atoms with van der Waals surface area (Å²) in [5.41, 5.74) is 8.30. The number of carbonyl (C=O) groups excluding carboxylic acids is 1. The molecule has 0 bridgehead atoms. The summed E-state index contributed by atoms with van der Waals surface area (Å²) in [6.07, 6.45) is 0.812. The third-order valence-corrected chi connectivity index (χ3v) is 4.89. The van der Waals surface area contributed by atoms with Crippen molar-refractivity contribution in [2.24, 2.45) is 5.92 Å². The van der Waals surface area contributed by atoms with Gasteiger partial charge in [-0.05, 0) is 43.5 Å². The zero-order chi connectivity index (χ0) is 17.1. The predicted octanol–water partition coefficient (Wildman–Crippen LogP) is 1.74. The third kappa shape index (κ3) is 3.88. The van der Waals surface area contributed by atoms with Crippen molar-refractivity contribution in [3.63, 3.8) is 0 Å². The highest BCUT2D eigenvalue weighted by Gasteiger charge is 2.30. The number of hydrogen-bond donors (Lipinski definition) is 3. The van der Waals surface area contributed by atoms with Crippen LogP contribution in [0.4, 0.5) is 11.4 Å². The summed E-state index contributed by atoms with van der Waals surface area (Å²) < 4.78 is 5.48. The van der Waals surface area contributed by atoms with Crippen molar-refractivity contribution in [2.45, 2.75) is 45.3 Å². The van der Waals surface area contributed by atoms with E-state index in [-0.39, 0.29) is 11.9 Å². The predicted molar refractivity (Wildman–Crippen MR) is 96.0 cm³/mol. The van der Waals surface area contributed by atoms with Gasteiger partial charge in [0.2, 0.25) is 5.91 Å². The first-order chi connectivity index (χ1) is 11.5. The first kappa shape index (κ1) is 17.2. The van der Waals surface area contributed by atoms with Crippen LogP contribution in [0.1, 0.15) is 27.2 Å². The van der Waals surface area contributed by atoms with Crippen LogP contribution in [0.25, 0.3) is 0 Å². The van der Waals surface area contributed by atoms with Gasteiger partial charge in [-0.2, -0.15) is 0 Å². The van der Waals surface area contributed by atoms with Crippen molar-refractivity contribution in [2.75, 3.05) is 30.0 Å². The average molecular weight is 332 g/mol. The molecule has 1 aromatic carbocycles. The Labute approximate surface area is 143 Å². The van der Waals surface area contributed by atoms with Gasteiger partial charge in [-0.25, -0.2) is 5.43 Å². The minimum absolute atomic E-state index is 0.0122. The molecule has 1 amide bonds. The van der Waals surface area contributed by atoms with Crippen LogP contribution in [0.3, 0.4) is 0 Å². The van der Waals surface area contributed by atoms with Crippen LogP contribution in [0.5, 0.6) is 0 Å². The van der Waals surface area contributed by atoms with Gasteiger partial charge in [0.1, 0.15) is 6.04 Å². The van der Waals surface area contributed by atoms with Crippen molar-refractivity contribution in [1.82, 2.24) is 10.9 Å². The molecule has 6 heteroatoms. The van der Waals surface area contributed by atoms with Gasteiger partial charge in [0.15, 0.2) is 0 Å². The fourth-order valence-electron chi connectivity index (χ4n) is 3.27. The first-order valence-electron chi connectivity index (χ1n) is 8.81. The molecule has 0 aliphatic carbocycles. The Hall–Kier alpha value is -1.63. The van der Waals surface area contributed by atoms with Crippen LogP contribution in [0.15, 0.2) is 24.3 Å². The number of morpholine rings is 1. The maximum Gasteiger partial charge on any atom is 0.242 e. The van der Waals surface area contributed by atoms with E-state index in [0.717, 1.165) is 31.9 Å². The molecule has 0 saturated carbocycles. The van der Waals surface area contributed by atoms with Crippen LogP contribution < -0.4 is 21.1 Å². The zero-order valence-electron chi connectivity index (χ0n) is 14.7. The number of nitrogens with one attached hydrogen (secondary N) is 3. The molecular formula is C18H28N4O2. The third-order valence-electron chi connectivity index (χ3n) is 4.89. The molecule has 1 aromatic rings. The smallest absolute Gasteiger partial charge is 0.242 e. The summed E-state index contributed by atoms with van der Waals surface area (Å²) in [7, 11) is 0. The van der Waals surface area contributed by atoms with Crippen molar-refractivity contribution in [1.29, 1.82) is 0 Å². The van der Waals surface area contributed by atoms with Gasteiger partial charge < -0.3 is 15.0 Å². The Morgan fingerprint density at radius 1 is 1.29 bits per heavy atom. The molecule has 3 rings (SSSR count). The molecule has 2 aliphatic heterocycles. The van der Waals surface area contributed by atoms with Gasteiger partial charge in [-0.1, -0.05) is 13.8 Å². The highest BCUT2D eigenvalue weighted by molar-refractivity contribution is 5.95. The normalized spacial score (nSPS) is 27.5. The lowest BCUT2D eigenvalue weighted by molar-refractivity contribution is -0.117. The van der Waals surface area contributed by atoms with E-state index in [9.17, 15) is 4.79 Å². The molecule has 0 spiro atoms. The fraction of sp³-hybridized carbons (Fsp3) is 0.611. The van der Waals surface area contributed by atoms with Crippen molar-refractivity contribution >= 4 is 17.3 Å². The second kappa shape index (κ2) is 7.51. The Bertz CT molecular complexity index is 561. The van der Waals surface area contributed by atoms with Crippen molar-refractivity contribution in [3.05, 3.63) is 24.3 Å². The number of carbonyl (C=O) groups is 1. The lowest BCUT2D eigenvalue weighted by Gasteiger charge is -2.35. The van der Waals surface area contributed by atoms with Gasteiger partial charge >= 0.3 is 0 Å². The SMILES string of the molecule is CC(C)C1CC(C(=O)Nc2ccc(N3CCOCC3C)cc2)NN1. The fourth-order valence-corrected chi connectivity index (χ4v) is 3.27. The number of anilines is 2. The van der Waals surface area contributed by atoms with E-state index < -0.39 is 0 Å². The first-order valence-corrected chi connectivity index (χ1v) is 8.81. The summed E-state index contributed by atoms with van der Waals surface area (Å²) in [4.78, 5) is 14.7. The van der Waals surface area contributed by atoms with Crippen LogP contribution in [0.2, 0.25) is 0 Å². The van der Waals surface area contributed by atoms with Crippen molar-refractivity contribution < 1.29 is 9.53 Å². The number of ether oxygens (including phenoxy) is 1. The zero-order valence-corrected chi connectivity index (χ0v) is 14.7. The lowest BCUT2D eigenvalue weighted by atomic mass is 9.99. The van der Waals surface area contributed by atoms with Crippen LogP contribution in [0, 0.1) is 5.92 Å². The lowest BCUT2D eigenvalue weighted by Crippen LogP contribution is -2.43. The summed E-state index contributed by atoms with van der Waals surface area (Å²) in [6, 6.07) is 8.60. The number of amides is 1. The Balaban J connectivity index is 1.57. The highest BCUT2D eigenvalue weighted by atomic mass is 16.5. The van der Waals surface area contributed by atoms with Crippen molar-refractivity contribution in [3.8, 4) is 0 Å². The summed E-state index contributed by atoms with van der Waals surface area (Å²) in [5.74, 6) is 0.517. The maximum absolute atomic E-state index is 12.4. The van der Waals surface area contributed by atoms with Crippen LogP contribution >= 0.6 is 0 Å². The largest absolute Gasteiger partial charge is 0.377 e. The topological polar surface area (TPSA) is 65.6 Å². The molecule has 2 saturated heterocycles. The summed E-state index contributed by atoms with van der Waals surface area (Å²) >= 11 is 0. The molecule has 0 radical (unpaired) electrons. The number of hydrazine groups is 1. The molecule has 6 nitrogen and oxygen atoms in total. The minimum atomic E-state index is -0.184. The van der Waals surface area contributed by atoms with E-state index in [1.54, 1.807) is 0 Å². The average Bonchev–Trinajstić information content (AvgIpc) is 3.07. The molecule has 2 heterocycles. The highest BCUT2D eigenvalue weighted by Crippen LogP contribution is 2.22. The number of benzene rings is 1. The molecule has 132 valence electrons. The Kier molecular flexibility index (Phi) is 5.38. The van der Waals surface area contributed by atoms with Gasteiger partial charge in [0.05, 0.1) is 13.2 Å². The van der Waals surface area contributed by atoms with Crippen LogP contribution in [-0.4, -0.2) is 43.8 Å². The van der Waals surface area contributed by atoms with Gasteiger partial charge in [-0.15, -0.1) is 0 Å². The van der Waals surface area contributed by atoms with E-state index in [2.05, 4.69) is 54.0 Å². The quantitative estimate of drug-likeness (QED) is 0.784. The molecule has 3 atom stereocenters. The second-order valence-corrected chi connectivity index (χ2v) is 7.08. The monoisotopic (exact) mass is 332 g/mol. The molecular weight excluding hydrogens is 304 g/mol. The van der Waals surface area contributed by atoms with E-state index in [4.69, 9.17) is 4.74 Å². The van der Waals surface area contributed by atoms with Gasteiger partial charge in [0.25, 0.3) is 0 Å². The molecule has 2 fully saturated rings. The Morgan fingerprint density at radius 3 is 2.67 bits per heavy atom. The molecule has 24 heavy (non-hydrogen) atoms. The summed E-state index contributed by atoms with van der Waals surface area (Å²) in [6.45, 7) is 8.91. The number of hydrogen-bond acceptors (Lipinski definition) is 5. The molecule has 3 N–H and O–H groups in total. The second-order valence-electron chi connectivity index (χ2n) is 7.08. The number of rotatable bonds is 4. The standard InChI is InChI=1S/C18H28N4O2/c1-12(2)16-10-17(21-20-16)18(23)19-14-4-6-15(7-5-14)22-8-9-24-11-13(22)3/h4-7,12-13,16-17,20-21H,8-11H2,1-3H3,(H,19,23). The minimum Gasteiger partial charge on any atom is -0.377 e. The molecule has 0 aromatic heterocycles. The van der Waals surface area contributed by atoms with E-state index in [1.165, 1.54) is 5.69 Å². The van der Waals surface area contributed by atoms with E-state index in [1.807, 2.05) is 12.1 Å². The van der Waals surface area contributed by atoms with E-state index >= 15 is 0 Å². The molecule has 3 unspecified atom stereocenters. The van der Waals surface area contributed by atoms with E-state index in [0.29, 0.717) is 18.0 Å².